The number of rotatable bonds is 10. The zero-order chi connectivity index (χ0) is 20.2. The maximum atomic E-state index is 5.75. The summed E-state index contributed by atoms with van der Waals surface area (Å²) < 4.78 is 16.4. The summed E-state index contributed by atoms with van der Waals surface area (Å²) >= 11 is 0. The van der Waals surface area contributed by atoms with Crippen molar-refractivity contribution in [2.24, 2.45) is 4.99 Å². The van der Waals surface area contributed by atoms with Crippen LogP contribution in [0.5, 0.6) is 17.2 Å². The Bertz CT molecular complexity index is 741. The van der Waals surface area contributed by atoms with E-state index in [0.29, 0.717) is 6.61 Å². The van der Waals surface area contributed by atoms with Crippen LogP contribution < -0.4 is 19.5 Å². The third-order valence-corrected chi connectivity index (χ3v) is 4.39. The number of halogens is 1. The molecule has 1 N–H and O–H groups in total. The second-order valence-electron chi connectivity index (χ2n) is 6.35. The van der Waals surface area contributed by atoms with Gasteiger partial charge in [-0.3, -0.25) is 4.99 Å². The lowest BCUT2D eigenvalue weighted by Gasteiger charge is -2.22. The van der Waals surface area contributed by atoms with E-state index in [1.165, 1.54) is 5.56 Å². The Morgan fingerprint density at radius 3 is 2.41 bits per heavy atom. The summed E-state index contributed by atoms with van der Waals surface area (Å²) in [5, 5.41) is 3.40. The van der Waals surface area contributed by atoms with Gasteiger partial charge in [0.15, 0.2) is 17.5 Å². The van der Waals surface area contributed by atoms with Gasteiger partial charge in [0, 0.05) is 20.6 Å². The van der Waals surface area contributed by atoms with Crippen LogP contribution in [0.15, 0.2) is 53.5 Å². The summed E-state index contributed by atoms with van der Waals surface area (Å²) in [5.41, 5.74) is 1.22. The van der Waals surface area contributed by atoms with Crippen molar-refractivity contribution in [1.29, 1.82) is 0 Å². The van der Waals surface area contributed by atoms with Gasteiger partial charge in [0.2, 0.25) is 0 Å². The van der Waals surface area contributed by atoms with E-state index >= 15 is 0 Å². The number of nitrogens with one attached hydrogen (secondary N) is 1. The van der Waals surface area contributed by atoms with E-state index in [1.807, 2.05) is 49.5 Å². The minimum absolute atomic E-state index is 0. The minimum atomic E-state index is 0. The zero-order valence-corrected chi connectivity index (χ0v) is 20.0. The third-order valence-electron chi connectivity index (χ3n) is 4.39. The van der Waals surface area contributed by atoms with Gasteiger partial charge in [0.1, 0.15) is 12.4 Å². The molecule has 2 aromatic carbocycles. The molecule has 0 aromatic heterocycles. The fourth-order valence-corrected chi connectivity index (χ4v) is 2.84. The van der Waals surface area contributed by atoms with Gasteiger partial charge in [-0.1, -0.05) is 24.3 Å². The van der Waals surface area contributed by atoms with E-state index in [2.05, 4.69) is 21.3 Å². The summed E-state index contributed by atoms with van der Waals surface area (Å²) in [7, 11) is 7.11. The molecule has 2 rings (SSSR count). The molecule has 0 aliphatic rings. The van der Waals surface area contributed by atoms with Gasteiger partial charge in [-0.05, 0) is 42.7 Å². The van der Waals surface area contributed by atoms with Crippen molar-refractivity contribution in [3.63, 3.8) is 0 Å². The second-order valence-corrected chi connectivity index (χ2v) is 6.35. The molecule has 0 heterocycles. The van der Waals surface area contributed by atoms with Gasteiger partial charge in [0.05, 0.1) is 20.8 Å². The van der Waals surface area contributed by atoms with E-state index in [9.17, 15) is 0 Å². The molecule has 0 fully saturated rings. The lowest BCUT2D eigenvalue weighted by Crippen LogP contribution is -2.41. The zero-order valence-electron chi connectivity index (χ0n) is 17.7. The van der Waals surface area contributed by atoms with Gasteiger partial charge >= 0.3 is 0 Å². The van der Waals surface area contributed by atoms with Crippen LogP contribution >= 0.6 is 24.0 Å². The topological polar surface area (TPSA) is 55.3 Å². The average Bonchev–Trinajstić information content (AvgIpc) is 2.74. The summed E-state index contributed by atoms with van der Waals surface area (Å²) in [6.45, 7) is 2.20. The largest absolute Gasteiger partial charge is 0.493 e. The molecule has 0 aliphatic carbocycles. The normalized spacial score (nSPS) is 10.7. The molecule has 2 aromatic rings. The lowest BCUT2D eigenvalue weighted by molar-refractivity contribution is 0.281. The Morgan fingerprint density at radius 2 is 1.76 bits per heavy atom. The Balaban J connectivity index is 0.00000420. The molecule has 7 heteroatoms. The second kappa shape index (κ2) is 13.9. The highest BCUT2D eigenvalue weighted by Crippen LogP contribution is 2.27. The van der Waals surface area contributed by atoms with E-state index in [-0.39, 0.29) is 24.0 Å². The van der Waals surface area contributed by atoms with Crippen LogP contribution in [-0.4, -0.2) is 58.9 Å². The molecule has 0 unspecified atom stereocenters. The third kappa shape index (κ3) is 8.39. The number of methoxy groups -OCH3 is 2. The predicted molar refractivity (Wildman–Crippen MR) is 129 cm³/mol. The van der Waals surface area contributed by atoms with Gasteiger partial charge in [0.25, 0.3) is 0 Å². The first kappa shape index (κ1) is 24.9. The maximum absolute atomic E-state index is 5.75. The van der Waals surface area contributed by atoms with Crippen molar-refractivity contribution in [3.8, 4) is 17.2 Å². The van der Waals surface area contributed by atoms with Crippen LogP contribution in [0.1, 0.15) is 12.0 Å². The van der Waals surface area contributed by atoms with E-state index in [4.69, 9.17) is 14.2 Å². The summed E-state index contributed by atoms with van der Waals surface area (Å²) in [6.07, 6.45) is 1.94. The summed E-state index contributed by atoms with van der Waals surface area (Å²) in [5.74, 6) is 3.27. The van der Waals surface area contributed by atoms with Gasteiger partial charge in [-0.15, -0.1) is 24.0 Å². The molecule has 29 heavy (non-hydrogen) atoms. The number of aliphatic imine (C=N–C) groups is 1. The molecule has 0 saturated heterocycles. The molecule has 0 saturated carbocycles. The van der Waals surface area contributed by atoms with Gasteiger partial charge < -0.3 is 24.4 Å². The van der Waals surface area contributed by atoms with Gasteiger partial charge in [-0.25, -0.2) is 0 Å². The monoisotopic (exact) mass is 513 g/mol. The van der Waals surface area contributed by atoms with Crippen molar-refractivity contribution in [2.75, 3.05) is 48.0 Å². The SMILES string of the molecule is CN=C(NCCCc1ccc(OC)c(OC)c1)N(C)CCOc1ccccc1.I. The summed E-state index contributed by atoms with van der Waals surface area (Å²) in [4.78, 5) is 6.42. The molecule has 6 nitrogen and oxygen atoms in total. The number of ether oxygens (including phenoxy) is 3. The van der Waals surface area contributed by atoms with Crippen molar-refractivity contribution < 1.29 is 14.2 Å². The molecule has 0 spiro atoms. The minimum Gasteiger partial charge on any atom is -0.493 e. The predicted octanol–water partition coefficient (Wildman–Crippen LogP) is 3.84. The first-order chi connectivity index (χ1) is 13.7. The van der Waals surface area contributed by atoms with E-state index < -0.39 is 0 Å². The highest BCUT2D eigenvalue weighted by atomic mass is 127. The van der Waals surface area contributed by atoms with Crippen molar-refractivity contribution >= 4 is 29.9 Å². The Morgan fingerprint density at radius 1 is 1.03 bits per heavy atom. The fraction of sp³-hybridized carbons (Fsp3) is 0.409. The average molecular weight is 513 g/mol. The molecule has 0 aliphatic heterocycles. The van der Waals surface area contributed by atoms with Crippen LogP contribution in [0, 0.1) is 0 Å². The highest BCUT2D eigenvalue weighted by Gasteiger charge is 2.07. The number of nitrogens with zero attached hydrogens (tertiary/aromatic N) is 2. The number of hydrogen-bond acceptors (Lipinski definition) is 4. The maximum Gasteiger partial charge on any atom is 0.193 e. The quantitative estimate of drug-likeness (QED) is 0.227. The van der Waals surface area contributed by atoms with Gasteiger partial charge in [-0.2, -0.15) is 0 Å². The summed E-state index contributed by atoms with van der Waals surface area (Å²) in [6, 6.07) is 15.9. The number of aryl methyl sites for hydroxylation is 1. The molecular formula is C22H32IN3O3. The lowest BCUT2D eigenvalue weighted by atomic mass is 10.1. The first-order valence-corrected chi connectivity index (χ1v) is 9.48. The van der Waals surface area contributed by atoms with Crippen molar-refractivity contribution in [2.45, 2.75) is 12.8 Å². The first-order valence-electron chi connectivity index (χ1n) is 9.48. The Labute approximate surface area is 191 Å². The molecule has 0 bridgehead atoms. The van der Waals surface area contributed by atoms with Crippen LogP contribution in [0.4, 0.5) is 0 Å². The number of benzene rings is 2. The standard InChI is InChI=1S/C22H31N3O3.HI/c1-23-22(25(2)15-16-28-19-10-6-5-7-11-19)24-14-8-9-18-12-13-20(26-3)21(17-18)27-4;/h5-7,10-13,17H,8-9,14-16H2,1-4H3,(H,23,24);1H. The highest BCUT2D eigenvalue weighted by molar-refractivity contribution is 14.0. The molecular weight excluding hydrogens is 481 g/mol. The van der Waals surface area contributed by atoms with Crippen LogP contribution in [0.25, 0.3) is 0 Å². The van der Waals surface area contributed by atoms with Crippen molar-refractivity contribution in [3.05, 3.63) is 54.1 Å². The van der Waals surface area contributed by atoms with Crippen LogP contribution in [-0.2, 0) is 6.42 Å². The number of hydrogen-bond donors (Lipinski definition) is 1. The smallest absolute Gasteiger partial charge is 0.193 e. The number of guanidine groups is 1. The Kier molecular flexibility index (Phi) is 11.9. The van der Waals surface area contributed by atoms with E-state index in [1.54, 1.807) is 21.3 Å². The number of likely N-dealkylation sites (N-methyl/N-ethyl adjacent to an activating group) is 1. The number of para-hydroxylation sites is 1. The van der Waals surface area contributed by atoms with Crippen LogP contribution in [0.2, 0.25) is 0 Å². The molecule has 0 amide bonds. The van der Waals surface area contributed by atoms with Crippen molar-refractivity contribution in [1.82, 2.24) is 10.2 Å². The molecule has 160 valence electrons. The van der Waals surface area contributed by atoms with Crippen LogP contribution in [0.3, 0.4) is 0 Å². The van der Waals surface area contributed by atoms with E-state index in [0.717, 1.165) is 49.1 Å². The molecule has 0 radical (unpaired) electrons. The fourth-order valence-electron chi connectivity index (χ4n) is 2.84. The Hall–Kier alpha value is -2.16. The molecule has 0 atom stereocenters.